The van der Waals surface area contributed by atoms with E-state index in [1.54, 1.807) is 6.20 Å². The van der Waals surface area contributed by atoms with Gasteiger partial charge in [-0.2, -0.15) is 0 Å². The molecule has 0 fully saturated rings. The number of rotatable bonds is 3. The number of carbonyl (C=O) groups excluding carboxylic acids is 1. The van der Waals surface area contributed by atoms with E-state index in [4.69, 9.17) is 32.2 Å². The Balaban J connectivity index is 0.00000192. The summed E-state index contributed by atoms with van der Waals surface area (Å²) in [6.45, 7) is 0.676. The number of pyridine rings is 1. The van der Waals surface area contributed by atoms with Crippen molar-refractivity contribution >= 4 is 29.9 Å². The number of fused-ring (bicyclic) bond motifs is 1. The van der Waals surface area contributed by atoms with Crippen LogP contribution in [0, 0.1) is 5.41 Å². The lowest BCUT2D eigenvalue weighted by Gasteiger charge is -2.27. The highest BCUT2D eigenvalue weighted by Crippen LogP contribution is 2.31. The van der Waals surface area contributed by atoms with Gasteiger partial charge in [-0.05, 0) is 18.2 Å². The van der Waals surface area contributed by atoms with Crippen molar-refractivity contribution in [3.63, 3.8) is 0 Å². The Bertz CT molecular complexity index is 792. The molecule has 6 nitrogen and oxygen atoms in total. The molecule has 1 aliphatic rings. The largest absolute Gasteiger partial charge is 0.486 e. The Hall–Kier alpha value is -2.18. The third-order valence-corrected chi connectivity index (χ3v) is 3.54. The molecule has 0 bridgehead atoms. The molecule has 1 atom stereocenters. The first-order valence-corrected chi connectivity index (χ1v) is 7.05. The summed E-state index contributed by atoms with van der Waals surface area (Å²) in [5.41, 5.74) is 5.34. The van der Waals surface area contributed by atoms with Crippen molar-refractivity contribution in [1.82, 2.24) is 4.57 Å². The Morgan fingerprint density at radius 2 is 2.09 bits per heavy atom. The number of para-hydroxylation sites is 2. The highest BCUT2D eigenvalue weighted by molar-refractivity contribution is 6.30. The number of benzene rings is 1. The van der Waals surface area contributed by atoms with E-state index in [-0.39, 0.29) is 29.6 Å². The van der Waals surface area contributed by atoms with Gasteiger partial charge in [0.15, 0.2) is 17.6 Å². The first-order valence-electron chi connectivity index (χ1n) is 6.67. The van der Waals surface area contributed by atoms with Crippen molar-refractivity contribution in [3.05, 3.63) is 52.6 Å². The molecular weight excluding hydrogens is 341 g/mol. The predicted molar refractivity (Wildman–Crippen MR) is 87.4 cm³/mol. The zero-order valence-electron chi connectivity index (χ0n) is 12.0. The van der Waals surface area contributed by atoms with Gasteiger partial charge < -0.3 is 19.8 Å². The molecule has 0 radical (unpaired) electrons. The third-order valence-electron chi connectivity index (χ3n) is 3.34. The van der Waals surface area contributed by atoms with E-state index in [1.165, 1.54) is 10.6 Å². The second-order valence-corrected chi connectivity index (χ2v) is 5.37. The van der Waals surface area contributed by atoms with Crippen LogP contribution in [0.2, 0.25) is 5.02 Å². The van der Waals surface area contributed by atoms with Gasteiger partial charge in [0.05, 0.1) is 17.1 Å². The number of hydrogen-bond donors (Lipinski definition) is 2. The van der Waals surface area contributed by atoms with Crippen molar-refractivity contribution in [2.24, 2.45) is 5.73 Å². The van der Waals surface area contributed by atoms with E-state index in [0.29, 0.717) is 29.7 Å². The summed E-state index contributed by atoms with van der Waals surface area (Å²) in [6, 6.07) is 8.77. The standard InChI is InChI=1S/C15H14ClN3O3.ClH/c16-9-5-11(15(18)20)14(17)19(6-9)7-10-8-21-12-3-1-2-4-13(12)22-10;/h1-6,10,17H,7-8H2,(H2,18,20);1H. The second-order valence-electron chi connectivity index (χ2n) is 4.93. The van der Waals surface area contributed by atoms with Gasteiger partial charge in [-0.3, -0.25) is 10.2 Å². The number of carbonyl (C=O) groups is 1. The summed E-state index contributed by atoms with van der Waals surface area (Å²) in [7, 11) is 0. The van der Waals surface area contributed by atoms with Gasteiger partial charge >= 0.3 is 0 Å². The highest BCUT2D eigenvalue weighted by Gasteiger charge is 2.21. The number of nitrogens with zero attached hydrogens (tertiary/aromatic N) is 1. The number of nitrogens with one attached hydrogen (secondary N) is 1. The maximum atomic E-state index is 11.4. The van der Waals surface area contributed by atoms with Crippen LogP contribution in [0.4, 0.5) is 0 Å². The average Bonchev–Trinajstić information content (AvgIpc) is 2.50. The molecule has 2 heterocycles. The van der Waals surface area contributed by atoms with Gasteiger partial charge in [0.25, 0.3) is 5.91 Å². The zero-order valence-corrected chi connectivity index (χ0v) is 13.6. The van der Waals surface area contributed by atoms with Crippen LogP contribution < -0.4 is 20.7 Å². The van der Waals surface area contributed by atoms with Crippen LogP contribution in [0.1, 0.15) is 10.4 Å². The summed E-state index contributed by atoms with van der Waals surface area (Å²) in [5, 5.41) is 8.38. The maximum Gasteiger partial charge on any atom is 0.252 e. The molecule has 3 rings (SSSR count). The van der Waals surface area contributed by atoms with E-state index in [1.807, 2.05) is 24.3 Å². The van der Waals surface area contributed by atoms with Crippen molar-refractivity contribution < 1.29 is 14.3 Å². The molecule has 0 saturated heterocycles. The molecule has 0 spiro atoms. The molecule has 122 valence electrons. The fourth-order valence-electron chi connectivity index (χ4n) is 2.32. The topological polar surface area (TPSA) is 90.3 Å². The molecule has 1 aliphatic heterocycles. The van der Waals surface area contributed by atoms with Gasteiger partial charge in [0.2, 0.25) is 0 Å². The van der Waals surface area contributed by atoms with Crippen LogP contribution in [-0.2, 0) is 6.54 Å². The van der Waals surface area contributed by atoms with E-state index in [9.17, 15) is 4.79 Å². The molecule has 1 aromatic carbocycles. The fraction of sp³-hybridized carbons (Fsp3) is 0.200. The lowest BCUT2D eigenvalue weighted by atomic mass is 10.2. The Morgan fingerprint density at radius 3 is 2.78 bits per heavy atom. The van der Waals surface area contributed by atoms with Crippen LogP contribution in [0.15, 0.2) is 36.5 Å². The number of aromatic nitrogens is 1. The third kappa shape index (κ3) is 3.60. The number of ether oxygens (including phenoxy) is 2. The van der Waals surface area contributed by atoms with Gasteiger partial charge in [0.1, 0.15) is 12.1 Å². The van der Waals surface area contributed by atoms with E-state index < -0.39 is 5.91 Å². The molecule has 1 amide bonds. The summed E-state index contributed by atoms with van der Waals surface area (Å²) < 4.78 is 13.0. The van der Waals surface area contributed by atoms with Crippen LogP contribution in [0.25, 0.3) is 0 Å². The number of amides is 1. The summed E-state index contributed by atoms with van der Waals surface area (Å²) in [5.74, 6) is 0.661. The van der Waals surface area contributed by atoms with Crippen LogP contribution in [-0.4, -0.2) is 23.2 Å². The van der Waals surface area contributed by atoms with Crippen LogP contribution in [0.3, 0.4) is 0 Å². The van der Waals surface area contributed by atoms with E-state index >= 15 is 0 Å². The molecular formula is C15H15Cl2N3O3. The number of nitrogens with two attached hydrogens (primary N) is 1. The lowest BCUT2D eigenvalue weighted by Crippen LogP contribution is -2.38. The van der Waals surface area contributed by atoms with Crippen LogP contribution >= 0.6 is 24.0 Å². The van der Waals surface area contributed by atoms with Crippen LogP contribution in [0.5, 0.6) is 11.5 Å². The van der Waals surface area contributed by atoms with Crippen molar-refractivity contribution in [2.45, 2.75) is 12.6 Å². The molecule has 23 heavy (non-hydrogen) atoms. The maximum absolute atomic E-state index is 11.4. The molecule has 2 aromatic rings. The minimum Gasteiger partial charge on any atom is -0.486 e. The molecule has 1 unspecified atom stereocenters. The summed E-state index contributed by atoms with van der Waals surface area (Å²) in [6.07, 6.45) is 1.28. The normalized spacial score (nSPS) is 15.6. The minimum atomic E-state index is -0.688. The lowest BCUT2D eigenvalue weighted by molar-refractivity contribution is 0.0773. The van der Waals surface area contributed by atoms with E-state index in [0.717, 1.165) is 0 Å². The minimum absolute atomic E-state index is 0. The quantitative estimate of drug-likeness (QED) is 0.881. The number of primary amides is 1. The molecule has 8 heteroatoms. The Labute approximate surface area is 143 Å². The van der Waals surface area contributed by atoms with Gasteiger partial charge in [-0.25, -0.2) is 0 Å². The molecule has 1 aromatic heterocycles. The molecule has 0 saturated carbocycles. The van der Waals surface area contributed by atoms with Gasteiger partial charge in [0, 0.05) is 6.20 Å². The number of hydrogen-bond acceptors (Lipinski definition) is 4. The molecule has 3 N–H and O–H groups in total. The van der Waals surface area contributed by atoms with Gasteiger partial charge in [-0.15, -0.1) is 12.4 Å². The molecule has 0 aliphatic carbocycles. The monoisotopic (exact) mass is 355 g/mol. The Kier molecular flexibility index (Phi) is 5.18. The fourth-order valence-corrected chi connectivity index (χ4v) is 2.54. The second kappa shape index (κ2) is 6.93. The predicted octanol–water partition coefficient (Wildman–Crippen LogP) is 1.98. The van der Waals surface area contributed by atoms with Crippen molar-refractivity contribution in [2.75, 3.05) is 6.61 Å². The van der Waals surface area contributed by atoms with Crippen molar-refractivity contribution in [1.29, 1.82) is 5.41 Å². The zero-order chi connectivity index (χ0) is 15.7. The van der Waals surface area contributed by atoms with Crippen molar-refractivity contribution in [3.8, 4) is 11.5 Å². The first-order chi connectivity index (χ1) is 10.5. The Morgan fingerprint density at radius 1 is 1.39 bits per heavy atom. The SMILES string of the molecule is Cl.N=c1c(C(N)=O)cc(Cl)cn1CC1COc2ccccc2O1. The summed E-state index contributed by atoms with van der Waals surface area (Å²) >= 11 is 5.98. The van der Waals surface area contributed by atoms with Gasteiger partial charge in [-0.1, -0.05) is 23.7 Å². The first kappa shape index (κ1) is 17.2. The number of halogens is 2. The smallest absolute Gasteiger partial charge is 0.252 e. The average molecular weight is 356 g/mol. The summed E-state index contributed by atoms with van der Waals surface area (Å²) in [4.78, 5) is 11.4. The highest BCUT2D eigenvalue weighted by atomic mass is 35.5. The van der Waals surface area contributed by atoms with E-state index in [2.05, 4.69) is 0 Å².